The van der Waals surface area contributed by atoms with Crippen LogP contribution in [0.1, 0.15) is 96.8 Å². The summed E-state index contributed by atoms with van der Waals surface area (Å²) in [5.41, 5.74) is -5.87. The molecule has 2 N–H and O–H groups in total. The number of nitrogens with zero attached hydrogens (tertiary/aromatic N) is 2. The number of aliphatic hydroxyl groups excluding tert-OH is 1. The molecular formula is C37H50BrCl2N3O12. The van der Waals surface area contributed by atoms with Crippen molar-refractivity contribution >= 4 is 69.2 Å². The Hall–Kier alpha value is -3.31. The maximum atomic E-state index is 14.4. The molecular weight excluding hydrogens is 829 g/mol. The number of amides is 3. The van der Waals surface area contributed by atoms with E-state index in [-0.39, 0.29) is 45.3 Å². The van der Waals surface area contributed by atoms with Gasteiger partial charge in [-0.05, 0) is 92.2 Å². The molecule has 3 amide bonds. The van der Waals surface area contributed by atoms with E-state index in [0.29, 0.717) is 12.8 Å². The van der Waals surface area contributed by atoms with Gasteiger partial charge >= 0.3 is 24.1 Å². The second kappa shape index (κ2) is 17.0. The number of benzene rings is 1. The van der Waals surface area contributed by atoms with Gasteiger partial charge in [0.15, 0.2) is 11.3 Å². The van der Waals surface area contributed by atoms with Crippen LogP contribution >= 0.6 is 39.1 Å². The molecule has 3 aliphatic rings. The van der Waals surface area contributed by atoms with E-state index in [0.717, 1.165) is 38.4 Å². The van der Waals surface area contributed by atoms with Crippen molar-refractivity contribution < 1.29 is 57.5 Å². The van der Waals surface area contributed by atoms with Gasteiger partial charge in [0, 0.05) is 10.0 Å². The molecule has 55 heavy (non-hydrogen) atoms. The third-order valence-corrected chi connectivity index (χ3v) is 11.2. The van der Waals surface area contributed by atoms with Gasteiger partial charge < -0.3 is 38.8 Å². The zero-order valence-corrected chi connectivity index (χ0v) is 35.6. The van der Waals surface area contributed by atoms with Crippen molar-refractivity contribution in [1.29, 1.82) is 0 Å². The fourth-order valence-electron chi connectivity index (χ4n) is 7.40. The monoisotopic (exact) mass is 877 g/mol. The lowest BCUT2D eigenvalue weighted by atomic mass is 9.83. The van der Waals surface area contributed by atoms with Gasteiger partial charge in [-0.3, -0.25) is 14.6 Å². The maximum Gasteiger partial charge on any atom is 0.413 e. The number of carbonyl (C=O) groups excluding carboxylic acids is 5. The maximum absolute atomic E-state index is 14.4. The zero-order valence-electron chi connectivity index (χ0n) is 32.5. The number of nitrogens with one attached hydrogen (secondary N) is 1. The van der Waals surface area contributed by atoms with Crippen molar-refractivity contribution in [1.82, 2.24) is 15.1 Å². The van der Waals surface area contributed by atoms with E-state index in [1.54, 1.807) is 41.5 Å². The fraction of sp³-hybridized carbons (Fsp3) is 0.649. The Labute approximate surface area is 339 Å². The van der Waals surface area contributed by atoms with Crippen LogP contribution in [0, 0.1) is 0 Å². The van der Waals surface area contributed by atoms with Crippen LogP contribution in [-0.2, 0) is 33.3 Å². The third-order valence-electron chi connectivity index (χ3n) is 9.67. The van der Waals surface area contributed by atoms with Crippen molar-refractivity contribution in [2.75, 3.05) is 27.9 Å². The molecule has 1 aromatic carbocycles. The summed E-state index contributed by atoms with van der Waals surface area (Å²) >= 11 is 16.0. The lowest BCUT2D eigenvalue weighted by Gasteiger charge is -2.47. The van der Waals surface area contributed by atoms with Crippen molar-refractivity contribution in [2.24, 2.45) is 0 Å². The van der Waals surface area contributed by atoms with Crippen LogP contribution in [0.25, 0.3) is 0 Å². The lowest BCUT2D eigenvalue weighted by molar-refractivity contribution is -0.166. The summed E-state index contributed by atoms with van der Waals surface area (Å²) in [6, 6.07) is 0.111. The smallest absolute Gasteiger partial charge is 0.413 e. The third kappa shape index (κ3) is 9.14. The number of ether oxygens (including phenoxy) is 6. The first-order chi connectivity index (χ1) is 25.6. The number of hydrogen-bond donors (Lipinski definition) is 2. The van der Waals surface area contributed by atoms with Crippen LogP contribution in [0.5, 0.6) is 5.75 Å². The first kappa shape index (κ1) is 44.4. The van der Waals surface area contributed by atoms with E-state index < -0.39 is 76.4 Å². The molecule has 0 radical (unpaired) electrons. The van der Waals surface area contributed by atoms with Crippen LogP contribution in [0.2, 0.25) is 10.0 Å². The number of methoxy groups -OCH3 is 3. The molecule has 0 bridgehead atoms. The van der Waals surface area contributed by atoms with Crippen molar-refractivity contribution in [3.05, 3.63) is 37.9 Å². The average molecular weight is 880 g/mol. The summed E-state index contributed by atoms with van der Waals surface area (Å²) in [4.78, 5) is 72.1. The normalized spacial score (nSPS) is 23.4. The molecule has 0 aromatic heterocycles. The molecule has 1 spiro atoms. The summed E-state index contributed by atoms with van der Waals surface area (Å²) in [6.45, 7) is 9.78. The highest BCUT2D eigenvalue weighted by Gasteiger charge is 2.66. The fourth-order valence-corrected chi connectivity index (χ4v) is 8.74. The van der Waals surface area contributed by atoms with Gasteiger partial charge in [-0.15, -0.1) is 0 Å². The zero-order chi connectivity index (χ0) is 41.3. The largest absolute Gasteiger partial charge is 0.494 e. The van der Waals surface area contributed by atoms with E-state index >= 15 is 0 Å². The number of likely N-dealkylation sites (tertiary alicyclic amines) is 1. The van der Waals surface area contributed by atoms with Gasteiger partial charge in [0.25, 0.3) is 5.91 Å². The Balaban J connectivity index is 1.88. The van der Waals surface area contributed by atoms with Gasteiger partial charge in [-0.25, -0.2) is 19.2 Å². The van der Waals surface area contributed by atoms with Gasteiger partial charge in [0.1, 0.15) is 28.7 Å². The molecule has 0 unspecified atom stereocenters. The van der Waals surface area contributed by atoms with Gasteiger partial charge in [0.2, 0.25) is 0 Å². The Kier molecular flexibility index (Phi) is 13.8. The number of rotatable bonds is 8. The molecule has 1 aliphatic carbocycles. The number of hydrogen-bond acceptors (Lipinski definition) is 12. The minimum Gasteiger partial charge on any atom is -0.494 e. The summed E-state index contributed by atoms with van der Waals surface area (Å²) in [6.07, 6.45) is -0.660. The molecule has 15 nitrogen and oxygen atoms in total. The molecule has 4 rings (SSSR count). The first-order valence-electron chi connectivity index (χ1n) is 17.8. The summed E-state index contributed by atoms with van der Waals surface area (Å²) < 4.78 is 33.4. The number of esters is 2. The lowest BCUT2D eigenvalue weighted by Crippen LogP contribution is -2.69. The average Bonchev–Trinajstić information content (AvgIpc) is 3.68. The van der Waals surface area contributed by atoms with Crippen molar-refractivity contribution in [3.63, 3.8) is 0 Å². The summed E-state index contributed by atoms with van der Waals surface area (Å²) in [5, 5.41) is 15.2. The number of aliphatic hydroxyl groups is 1. The SMILES string of the molecule is COC(=O)/C(NC(=O)c1cc(Cl)c(OC)c(Cl)c1)=C(/Br)[C@H]1CC[C@](C(=O)OC)([C@@H](O)[C@@H]2COC3(CCCCC3)N2C(=O)OC(C)(C)C)N1C(=O)OC(C)(C)C. The number of carbonyl (C=O) groups is 5. The Morgan fingerprint density at radius 1 is 0.891 bits per heavy atom. The van der Waals surface area contributed by atoms with E-state index in [4.69, 9.17) is 51.6 Å². The second-order valence-electron chi connectivity index (χ2n) is 15.6. The Bertz CT molecular complexity index is 1680. The second-order valence-corrected chi connectivity index (χ2v) is 17.3. The van der Waals surface area contributed by atoms with E-state index in [1.807, 2.05) is 0 Å². The van der Waals surface area contributed by atoms with Crippen LogP contribution in [0.15, 0.2) is 22.3 Å². The highest BCUT2D eigenvalue weighted by atomic mass is 79.9. The Morgan fingerprint density at radius 2 is 1.44 bits per heavy atom. The topological polar surface area (TPSA) is 179 Å². The molecule has 18 heteroatoms. The van der Waals surface area contributed by atoms with Gasteiger partial charge in [-0.1, -0.05) is 45.6 Å². The van der Waals surface area contributed by atoms with Gasteiger partial charge in [0.05, 0.1) is 50.1 Å². The standard InChI is InChI=1S/C37H50BrCl2N3O12/c1-34(2,3)54-32(48)42-24(19-53-36(42)14-11-10-12-15-36)28(44)37(31(47)52-9)16-13-23(43(37)33(49)55-35(4,5)6)25(38)26(30(46)51-8)41-29(45)20-17-21(39)27(50-7)22(40)18-20/h17-18,23-24,28,44H,10-16,19H2,1-9H3,(H,41,45)/b26-25-/t23-,24+,28+,37-/m1/s1. The molecule has 306 valence electrons. The molecule has 4 atom stereocenters. The molecule has 2 heterocycles. The van der Waals surface area contributed by atoms with E-state index in [2.05, 4.69) is 21.2 Å². The van der Waals surface area contributed by atoms with Crippen LogP contribution in [-0.4, -0.2) is 114 Å². The van der Waals surface area contributed by atoms with Crippen LogP contribution < -0.4 is 10.1 Å². The minimum absolute atomic E-state index is 0.0258. The molecule has 3 fully saturated rings. The van der Waals surface area contributed by atoms with Crippen molar-refractivity contribution in [3.8, 4) is 5.75 Å². The number of halogens is 3. The quantitative estimate of drug-likeness (QED) is 0.165. The molecule has 2 aliphatic heterocycles. The van der Waals surface area contributed by atoms with Crippen LogP contribution in [0.4, 0.5) is 9.59 Å². The molecule has 1 saturated carbocycles. The Morgan fingerprint density at radius 3 is 1.93 bits per heavy atom. The molecule has 1 aromatic rings. The van der Waals surface area contributed by atoms with Crippen molar-refractivity contribution in [2.45, 2.75) is 127 Å². The van der Waals surface area contributed by atoms with E-state index in [9.17, 15) is 29.1 Å². The minimum atomic E-state index is -2.22. The predicted molar refractivity (Wildman–Crippen MR) is 204 cm³/mol. The van der Waals surface area contributed by atoms with Gasteiger partial charge in [-0.2, -0.15) is 0 Å². The highest BCUT2D eigenvalue weighted by Crippen LogP contribution is 2.49. The molecule has 2 saturated heterocycles. The summed E-state index contributed by atoms with van der Waals surface area (Å²) in [5.74, 6) is -2.74. The van der Waals surface area contributed by atoms with E-state index in [1.165, 1.54) is 24.1 Å². The predicted octanol–water partition coefficient (Wildman–Crippen LogP) is 6.48. The first-order valence-corrected chi connectivity index (χ1v) is 19.4. The highest BCUT2D eigenvalue weighted by molar-refractivity contribution is 9.11. The summed E-state index contributed by atoms with van der Waals surface area (Å²) in [7, 11) is 3.55. The van der Waals surface area contributed by atoms with Crippen LogP contribution in [0.3, 0.4) is 0 Å².